The van der Waals surface area contributed by atoms with Gasteiger partial charge in [-0.2, -0.15) is 0 Å². The van der Waals surface area contributed by atoms with Crippen LogP contribution >= 0.6 is 0 Å². The van der Waals surface area contributed by atoms with E-state index in [1.54, 1.807) is 12.4 Å². The van der Waals surface area contributed by atoms with E-state index in [2.05, 4.69) is 14.5 Å². The van der Waals surface area contributed by atoms with Crippen molar-refractivity contribution in [3.63, 3.8) is 0 Å². The number of rotatable bonds is 7. The number of hydrogen-bond acceptors (Lipinski definition) is 6. The Balaban J connectivity index is 2.02. The predicted octanol–water partition coefficient (Wildman–Crippen LogP) is 3.78. The van der Waals surface area contributed by atoms with Crippen molar-refractivity contribution < 1.29 is 14.6 Å². The number of ether oxygens (including phenoxy) is 1. The van der Waals surface area contributed by atoms with Gasteiger partial charge < -0.3 is 19.3 Å². The van der Waals surface area contributed by atoms with Crippen LogP contribution in [0.2, 0.25) is 0 Å². The van der Waals surface area contributed by atoms with E-state index in [0.717, 1.165) is 46.4 Å². The molecule has 7 heteroatoms. The van der Waals surface area contributed by atoms with Crippen LogP contribution in [0.4, 0.5) is 0 Å². The van der Waals surface area contributed by atoms with Crippen molar-refractivity contribution in [2.75, 3.05) is 33.8 Å². The number of aryl methyl sites for hydroxylation is 1. The minimum atomic E-state index is -0.330. The zero-order chi connectivity index (χ0) is 22.8. The van der Waals surface area contributed by atoms with Gasteiger partial charge in [0.2, 0.25) is 0 Å². The Morgan fingerprint density at radius 1 is 1.22 bits per heavy atom. The van der Waals surface area contributed by atoms with Crippen molar-refractivity contribution in [1.82, 2.24) is 19.4 Å². The van der Waals surface area contributed by atoms with Crippen LogP contribution in [-0.4, -0.2) is 64.2 Å². The van der Waals surface area contributed by atoms with Gasteiger partial charge in [0.15, 0.2) is 0 Å². The van der Waals surface area contributed by atoms with E-state index in [-0.39, 0.29) is 11.7 Å². The van der Waals surface area contributed by atoms with E-state index < -0.39 is 0 Å². The zero-order valence-electron chi connectivity index (χ0n) is 19.4. The van der Waals surface area contributed by atoms with E-state index in [1.165, 1.54) is 12.8 Å². The fourth-order valence-corrected chi connectivity index (χ4v) is 4.70. The van der Waals surface area contributed by atoms with Crippen molar-refractivity contribution in [2.24, 2.45) is 7.05 Å². The predicted molar refractivity (Wildman–Crippen MR) is 126 cm³/mol. The van der Waals surface area contributed by atoms with Gasteiger partial charge >= 0.3 is 5.97 Å². The van der Waals surface area contributed by atoms with Crippen molar-refractivity contribution in [1.29, 1.82) is 0 Å². The molecule has 32 heavy (non-hydrogen) atoms. The van der Waals surface area contributed by atoms with Crippen LogP contribution in [0.15, 0.2) is 30.6 Å². The van der Waals surface area contributed by atoms with Crippen molar-refractivity contribution >= 4 is 16.9 Å². The second-order valence-corrected chi connectivity index (χ2v) is 8.70. The van der Waals surface area contributed by atoms with Gasteiger partial charge in [0, 0.05) is 54.7 Å². The molecule has 1 N–H and O–H groups in total. The van der Waals surface area contributed by atoms with E-state index in [0.29, 0.717) is 25.3 Å². The molecule has 0 saturated carbocycles. The Labute approximate surface area is 189 Å². The average molecular weight is 437 g/mol. The number of esters is 1. The minimum absolute atomic E-state index is 0.196. The van der Waals surface area contributed by atoms with Gasteiger partial charge in [0.05, 0.1) is 17.7 Å². The number of phenolic OH excluding ortho intramolecular Hbond substituents is 1. The summed E-state index contributed by atoms with van der Waals surface area (Å²) in [5.41, 5.74) is 4.80. The molecule has 0 amide bonds. The lowest BCUT2D eigenvalue weighted by Crippen LogP contribution is -2.22. The smallest absolute Gasteiger partial charge is 0.340 e. The maximum absolute atomic E-state index is 13.2. The molecule has 0 atom stereocenters. The molecule has 1 saturated heterocycles. The van der Waals surface area contributed by atoms with Crippen LogP contribution in [0.5, 0.6) is 5.75 Å². The Bertz CT molecular complexity index is 1120. The molecule has 1 aliphatic rings. The first-order valence-electron chi connectivity index (χ1n) is 11.2. The number of phenols is 1. The Kier molecular flexibility index (Phi) is 6.48. The fourth-order valence-electron chi connectivity index (χ4n) is 4.70. The second-order valence-electron chi connectivity index (χ2n) is 8.70. The molecule has 1 fully saturated rings. The van der Waals surface area contributed by atoms with Gasteiger partial charge in [-0.3, -0.25) is 9.88 Å². The molecule has 4 rings (SSSR count). The number of hydrogen-bond donors (Lipinski definition) is 1. The summed E-state index contributed by atoms with van der Waals surface area (Å²) >= 11 is 0. The SMILES string of the molecule is CCOC(=O)c1c(CN2CCCC2)n(C)c2cc(-c3ccncc3)c(O)c(CN(C)C)c12. The van der Waals surface area contributed by atoms with Crippen molar-refractivity contribution in [3.05, 3.63) is 47.4 Å². The number of benzene rings is 1. The van der Waals surface area contributed by atoms with E-state index in [1.807, 2.05) is 51.2 Å². The number of aromatic nitrogens is 2. The van der Waals surface area contributed by atoms with Crippen LogP contribution in [0.1, 0.15) is 41.4 Å². The lowest BCUT2D eigenvalue weighted by molar-refractivity contribution is 0.0526. The summed E-state index contributed by atoms with van der Waals surface area (Å²) in [4.78, 5) is 21.7. The van der Waals surface area contributed by atoms with Crippen LogP contribution in [0.3, 0.4) is 0 Å². The molecule has 1 aromatic carbocycles. The van der Waals surface area contributed by atoms with E-state index in [9.17, 15) is 9.90 Å². The molecule has 1 aliphatic heterocycles. The highest BCUT2D eigenvalue weighted by Crippen LogP contribution is 2.42. The highest BCUT2D eigenvalue weighted by atomic mass is 16.5. The first kappa shape index (κ1) is 22.3. The molecule has 170 valence electrons. The Morgan fingerprint density at radius 2 is 1.91 bits per heavy atom. The Hall–Kier alpha value is -2.90. The number of fused-ring (bicyclic) bond motifs is 1. The molecule has 0 unspecified atom stereocenters. The van der Waals surface area contributed by atoms with Crippen LogP contribution < -0.4 is 0 Å². The Morgan fingerprint density at radius 3 is 2.53 bits per heavy atom. The molecule has 7 nitrogen and oxygen atoms in total. The van der Waals surface area contributed by atoms with Gasteiger partial charge in [-0.05, 0) is 70.7 Å². The number of carbonyl (C=O) groups excluding carboxylic acids is 1. The molecular formula is C25H32N4O3. The number of pyridine rings is 1. The summed E-state index contributed by atoms with van der Waals surface area (Å²) in [5, 5.41) is 12.2. The fraction of sp³-hybridized carbons (Fsp3) is 0.440. The molecule has 3 heterocycles. The average Bonchev–Trinajstić information content (AvgIpc) is 3.38. The highest BCUT2D eigenvalue weighted by Gasteiger charge is 2.29. The van der Waals surface area contributed by atoms with Crippen molar-refractivity contribution in [3.8, 4) is 16.9 Å². The third-order valence-corrected chi connectivity index (χ3v) is 6.20. The van der Waals surface area contributed by atoms with Crippen LogP contribution in [0, 0.1) is 0 Å². The van der Waals surface area contributed by atoms with E-state index >= 15 is 0 Å². The number of nitrogens with zero attached hydrogens (tertiary/aromatic N) is 4. The van der Waals surface area contributed by atoms with Gasteiger partial charge in [-0.1, -0.05) is 0 Å². The molecule has 3 aromatic rings. The highest BCUT2D eigenvalue weighted by molar-refractivity contribution is 6.09. The maximum atomic E-state index is 13.2. The standard InChI is InChI=1S/C25H32N4O3/c1-5-32-25(31)23-21(16-29-12-6-7-13-29)28(4)20-14-18(17-8-10-26-11-9-17)24(30)19(22(20)23)15-27(2)3/h8-11,14,30H,5-7,12-13,15-16H2,1-4H3. The van der Waals surface area contributed by atoms with Gasteiger partial charge in [-0.15, -0.1) is 0 Å². The number of likely N-dealkylation sites (tertiary alicyclic amines) is 1. The summed E-state index contributed by atoms with van der Waals surface area (Å²) in [6, 6.07) is 5.76. The number of carbonyl (C=O) groups is 1. The summed E-state index contributed by atoms with van der Waals surface area (Å²) < 4.78 is 7.60. The van der Waals surface area contributed by atoms with Gasteiger partial charge in [0.25, 0.3) is 0 Å². The van der Waals surface area contributed by atoms with Gasteiger partial charge in [-0.25, -0.2) is 4.79 Å². The summed E-state index contributed by atoms with van der Waals surface area (Å²) in [5.74, 6) is -0.135. The third-order valence-electron chi connectivity index (χ3n) is 6.20. The summed E-state index contributed by atoms with van der Waals surface area (Å²) in [6.07, 6.45) is 5.80. The summed E-state index contributed by atoms with van der Waals surface area (Å²) in [6.45, 7) is 5.38. The maximum Gasteiger partial charge on any atom is 0.340 e. The monoisotopic (exact) mass is 436 g/mol. The quantitative estimate of drug-likeness (QED) is 0.569. The lowest BCUT2D eigenvalue weighted by atomic mass is 9.96. The molecule has 0 aliphatic carbocycles. The number of aromatic hydroxyl groups is 1. The third kappa shape index (κ3) is 4.10. The second kappa shape index (κ2) is 9.30. The molecular weight excluding hydrogens is 404 g/mol. The largest absolute Gasteiger partial charge is 0.507 e. The molecule has 0 spiro atoms. The zero-order valence-corrected chi connectivity index (χ0v) is 19.4. The van der Waals surface area contributed by atoms with Gasteiger partial charge in [0.1, 0.15) is 5.75 Å². The summed E-state index contributed by atoms with van der Waals surface area (Å²) in [7, 11) is 5.92. The van der Waals surface area contributed by atoms with E-state index in [4.69, 9.17) is 4.74 Å². The normalized spacial score (nSPS) is 14.5. The molecule has 0 radical (unpaired) electrons. The topological polar surface area (TPSA) is 70.8 Å². The first-order valence-corrected chi connectivity index (χ1v) is 11.2. The minimum Gasteiger partial charge on any atom is -0.507 e. The molecule has 2 aromatic heterocycles. The van der Waals surface area contributed by atoms with Crippen LogP contribution in [0.25, 0.3) is 22.0 Å². The molecule has 0 bridgehead atoms. The lowest BCUT2D eigenvalue weighted by Gasteiger charge is -2.17. The van der Waals surface area contributed by atoms with Crippen LogP contribution in [-0.2, 0) is 24.9 Å². The first-order chi connectivity index (χ1) is 15.4. The van der Waals surface area contributed by atoms with Crippen molar-refractivity contribution in [2.45, 2.75) is 32.9 Å².